The monoisotopic (exact) mass is 319 g/mol. The van der Waals surface area contributed by atoms with Crippen molar-refractivity contribution in [3.8, 4) is 0 Å². The molecule has 0 unspecified atom stereocenters. The fourth-order valence-corrected chi connectivity index (χ4v) is 3.33. The number of hydrogen-bond donors (Lipinski definition) is 1. The molecule has 0 amide bonds. The predicted octanol–water partition coefficient (Wildman–Crippen LogP) is 0.919. The highest BCUT2D eigenvalue weighted by Crippen LogP contribution is 2.24. The second kappa shape index (κ2) is 7.12. The van der Waals surface area contributed by atoms with Gasteiger partial charge in [-0.2, -0.15) is 0 Å². The second-order valence-electron chi connectivity index (χ2n) is 6.26. The average Bonchev–Trinajstić information content (AvgIpc) is 2.62. The molecule has 1 N–H and O–H groups in total. The van der Waals surface area contributed by atoms with Gasteiger partial charge in [0.15, 0.2) is 0 Å². The van der Waals surface area contributed by atoms with Gasteiger partial charge in [-0.1, -0.05) is 6.92 Å². The number of carboxylic acid groups (broad SMARTS) is 1. The van der Waals surface area contributed by atoms with Crippen molar-refractivity contribution in [3.05, 3.63) is 12.4 Å². The quantitative estimate of drug-likeness (QED) is 0.884. The minimum atomic E-state index is -0.679. The molecule has 7 heteroatoms. The molecule has 1 aromatic heterocycles. The molecule has 1 aromatic rings. The van der Waals surface area contributed by atoms with Crippen LogP contribution in [0.25, 0.3) is 0 Å². The van der Waals surface area contributed by atoms with Crippen LogP contribution in [0.4, 0.5) is 11.6 Å². The van der Waals surface area contributed by atoms with Gasteiger partial charge in [-0.15, -0.1) is 0 Å². The maximum Gasteiger partial charge on any atom is 0.306 e. The van der Waals surface area contributed by atoms with Crippen LogP contribution in [0.3, 0.4) is 0 Å². The fourth-order valence-electron chi connectivity index (χ4n) is 3.33. The summed E-state index contributed by atoms with van der Waals surface area (Å²) in [5, 5.41) is 9.10. The zero-order valence-electron chi connectivity index (χ0n) is 13.7. The zero-order chi connectivity index (χ0) is 16.2. The van der Waals surface area contributed by atoms with Crippen LogP contribution in [0.15, 0.2) is 12.4 Å². The van der Waals surface area contributed by atoms with Crippen LogP contribution in [-0.2, 0) is 4.79 Å². The summed E-state index contributed by atoms with van der Waals surface area (Å²) < 4.78 is 0. The number of anilines is 2. The van der Waals surface area contributed by atoms with E-state index < -0.39 is 5.97 Å². The zero-order valence-corrected chi connectivity index (χ0v) is 13.7. The smallest absolute Gasteiger partial charge is 0.306 e. The van der Waals surface area contributed by atoms with E-state index in [0.717, 1.165) is 57.4 Å². The standard InChI is InChI=1S/C16H25N5O2/c1-2-19-7-9-21(10-8-19)15-11-14(17-12-18-15)20-5-3-13(4-6-20)16(22)23/h11-13H,2-10H2,1H3,(H,22,23). The number of piperazine rings is 1. The Morgan fingerprint density at radius 3 is 2.17 bits per heavy atom. The second-order valence-corrected chi connectivity index (χ2v) is 6.26. The van der Waals surface area contributed by atoms with Gasteiger partial charge in [0.2, 0.25) is 0 Å². The van der Waals surface area contributed by atoms with Crippen LogP contribution >= 0.6 is 0 Å². The fraction of sp³-hybridized carbons (Fsp3) is 0.688. The molecule has 0 aliphatic carbocycles. The predicted molar refractivity (Wildman–Crippen MR) is 88.9 cm³/mol. The summed E-state index contributed by atoms with van der Waals surface area (Å²) in [5.41, 5.74) is 0. The van der Waals surface area contributed by atoms with Crippen LogP contribution in [0.1, 0.15) is 19.8 Å². The first kappa shape index (κ1) is 16.0. The minimum Gasteiger partial charge on any atom is -0.481 e. The molecule has 3 rings (SSSR count). The topological polar surface area (TPSA) is 72.8 Å². The van der Waals surface area contributed by atoms with Crippen LogP contribution in [-0.4, -0.2) is 71.8 Å². The number of nitrogens with zero attached hydrogens (tertiary/aromatic N) is 5. The van der Waals surface area contributed by atoms with Crippen LogP contribution < -0.4 is 9.80 Å². The lowest BCUT2D eigenvalue weighted by Gasteiger charge is -2.35. The summed E-state index contributed by atoms with van der Waals surface area (Å²) in [6.07, 6.45) is 2.99. The molecule has 2 aliphatic rings. The summed E-state index contributed by atoms with van der Waals surface area (Å²) in [6, 6.07) is 2.04. The van der Waals surface area contributed by atoms with Crippen molar-refractivity contribution in [2.75, 3.05) is 55.6 Å². The summed E-state index contributed by atoms with van der Waals surface area (Å²) in [5.74, 6) is 0.999. The maximum atomic E-state index is 11.1. The number of aromatic nitrogens is 2. The number of likely N-dealkylation sites (N-methyl/N-ethyl adjacent to an activating group) is 1. The maximum absolute atomic E-state index is 11.1. The molecule has 7 nitrogen and oxygen atoms in total. The normalized spacial score (nSPS) is 20.7. The Morgan fingerprint density at radius 2 is 1.65 bits per heavy atom. The Hall–Kier alpha value is -1.89. The van der Waals surface area contributed by atoms with E-state index in [-0.39, 0.29) is 5.92 Å². The van der Waals surface area contributed by atoms with Gasteiger partial charge >= 0.3 is 5.97 Å². The number of aliphatic carboxylic acids is 1. The largest absolute Gasteiger partial charge is 0.481 e. The highest BCUT2D eigenvalue weighted by atomic mass is 16.4. The van der Waals surface area contributed by atoms with E-state index in [1.807, 2.05) is 6.07 Å². The van der Waals surface area contributed by atoms with Crippen molar-refractivity contribution in [2.24, 2.45) is 5.92 Å². The van der Waals surface area contributed by atoms with Gasteiger partial charge in [0.25, 0.3) is 0 Å². The lowest BCUT2D eigenvalue weighted by atomic mass is 9.97. The highest BCUT2D eigenvalue weighted by Gasteiger charge is 2.25. The first-order valence-electron chi connectivity index (χ1n) is 8.44. The lowest BCUT2D eigenvalue weighted by Crippen LogP contribution is -2.46. The van der Waals surface area contributed by atoms with E-state index in [0.29, 0.717) is 12.8 Å². The van der Waals surface area contributed by atoms with Crippen molar-refractivity contribution in [2.45, 2.75) is 19.8 Å². The van der Waals surface area contributed by atoms with Gasteiger partial charge < -0.3 is 19.8 Å². The Kier molecular flexibility index (Phi) is 4.95. The Balaban J connectivity index is 1.63. The number of hydrogen-bond acceptors (Lipinski definition) is 6. The van der Waals surface area contributed by atoms with Crippen LogP contribution in [0.2, 0.25) is 0 Å². The van der Waals surface area contributed by atoms with Crippen molar-refractivity contribution >= 4 is 17.6 Å². The van der Waals surface area contributed by atoms with Crippen molar-refractivity contribution < 1.29 is 9.90 Å². The summed E-state index contributed by atoms with van der Waals surface area (Å²) >= 11 is 0. The molecule has 0 aromatic carbocycles. The van der Waals surface area contributed by atoms with Crippen LogP contribution in [0, 0.1) is 5.92 Å². The van der Waals surface area contributed by atoms with Crippen molar-refractivity contribution in [3.63, 3.8) is 0 Å². The molecule has 2 fully saturated rings. The van der Waals surface area contributed by atoms with Crippen molar-refractivity contribution in [1.29, 1.82) is 0 Å². The number of rotatable bonds is 4. The van der Waals surface area contributed by atoms with Crippen LogP contribution in [0.5, 0.6) is 0 Å². The molecule has 23 heavy (non-hydrogen) atoms. The minimum absolute atomic E-state index is 0.213. The third-order valence-electron chi connectivity index (χ3n) is 4.95. The van der Waals surface area contributed by atoms with E-state index >= 15 is 0 Å². The van der Waals surface area contributed by atoms with E-state index in [1.54, 1.807) is 6.33 Å². The Labute approximate surface area is 136 Å². The van der Waals surface area contributed by atoms with Gasteiger partial charge in [-0.25, -0.2) is 9.97 Å². The summed E-state index contributed by atoms with van der Waals surface area (Å²) in [6.45, 7) is 8.91. The van der Waals surface area contributed by atoms with Gasteiger partial charge in [0, 0.05) is 45.3 Å². The molecule has 0 radical (unpaired) electrons. The van der Waals surface area contributed by atoms with Gasteiger partial charge in [0.05, 0.1) is 5.92 Å². The molecular formula is C16H25N5O2. The Morgan fingerprint density at radius 1 is 1.09 bits per heavy atom. The van der Waals surface area contributed by atoms with E-state index in [9.17, 15) is 4.79 Å². The SMILES string of the molecule is CCN1CCN(c2cc(N3CCC(C(=O)O)CC3)ncn2)CC1. The highest BCUT2D eigenvalue weighted by molar-refractivity contribution is 5.70. The molecule has 2 aliphatic heterocycles. The van der Waals surface area contributed by atoms with E-state index in [1.165, 1.54) is 0 Å². The van der Waals surface area contributed by atoms with E-state index in [2.05, 4.69) is 31.6 Å². The molecule has 0 saturated carbocycles. The Bertz CT molecular complexity index is 537. The van der Waals surface area contributed by atoms with Gasteiger partial charge in [-0.3, -0.25) is 4.79 Å². The van der Waals surface area contributed by atoms with Gasteiger partial charge in [-0.05, 0) is 19.4 Å². The third-order valence-corrected chi connectivity index (χ3v) is 4.95. The molecule has 0 spiro atoms. The molecular weight excluding hydrogens is 294 g/mol. The first-order chi connectivity index (χ1) is 11.2. The summed E-state index contributed by atoms with van der Waals surface area (Å²) in [4.78, 5) is 26.8. The number of carbonyl (C=O) groups is 1. The van der Waals surface area contributed by atoms with Crippen molar-refractivity contribution in [1.82, 2.24) is 14.9 Å². The first-order valence-corrected chi connectivity index (χ1v) is 8.44. The van der Waals surface area contributed by atoms with Gasteiger partial charge in [0.1, 0.15) is 18.0 Å². The molecule has 0 bridgehead atoms. The lowest BCUT2D eigenvalue weighted by molar-refractivity contribution is -0.142. The summed E-state index contributed by atoms with van der Waals surface area (Å²) in [7, 11) is 0. The molecule has 126 valence electrons. The third kappa shape index (κ3) is 3.72. The number of piperidine rings is 1. The van der Waals surface area contributed by atoms with E-state index in [4.69, 9.17) is 5.11 Å². The molecule has 0 atom stereocenters. The molecule has 2 saturated heterocycles. The average molecular weight is 319 g/mol. The number of carboxylic acids is 1. The molecule has 3 heterocycles.